The Balaban J connectivity index is 1.71. The van der Waals surface area contributed by atoms with E-state index in [-0.39, 0.29) is 31.8 Å². The minimum atomic E-state index is -1.06. The van der Waals surface area contributed by atoms with Crippen molar-refractivity contribution in [1.82, 2.24) is 20.9 Å². The number of primary amides is 1. The second-order valence-corrected chi connectivity index (χ2v) is 11.7. The molecule has 4 amide bonds. The molecule has 0 aliphatic rings. The average molecular weight is 638 g/mol. The Kier molecular flexibility index (Phi) is 13.7. The number of rotatable bonds is 18. The largest absolute Gasteiger partial charge is 0.370 e. The molecule has 0 saturated carbocycles. The van der Waals surface area contributed by atoms with E-state index in [4.69, 9.17) is 22.9 Å². The molecule has 0 radical (unpaired) electrons. The van der Waals surface area contributed by atoms with Gasteiger partial charge >= 0.3 is 0 Å². The highest BCUT2D eigenvalue weighted by atomic mass is 32.2. The zero-order valence-electron chi connectivity index (χ0n) is 25.3. The molecule has 0 fully saturated rings. The van der Waals surface area contributed by atoms with E-state index in [2.05, 4.69) is 25.9 Å². The number of aromatic amines is 1. The summed E-state index contributed by atoms with van der Waals surface area (Å²) in [5.74, 6) is -1.89. The first-order valence-electron chi connectivity index (χ1n) is 14.7. The standard InChI is InChI=1S/C31H43N9O4S/c1-45-15-13-25(38-28(42)22(32)17-20-18-37-23-11-6-5-10-21(20)23)30(44)39-24(12-7-14-36-31(34)35)29(43)40-26(27(33)41)16-19-8-3-2-4-9-19/h2-6,8-11,18,22,24-26,37H,7,12-17,32H2,1H3,(H2,33,41)(H,38,42)(H,39,44)(H,40,43)(H4,34,35,36)/t22-,24-,25-,26-/m0/s1. The topological polar surface area (TPSA) is 237 Å². The highest BCUT2D eigenvalue weighted by molar-refractivity contribution is 7.98. The first-order valence-corrected chi connectivity index (χ1v) is 16.1. The van der Waals surface area contributed by atoms with Crippen molar-refractivity contribution in [3.8, 4) is 0 Å². The predicted molar refractivity (Wildman–Crippen MR) is 178 cm³/mol. The summed E-state index contributed by atoms with van der Waals surface area (Å²) in [6, 6.07) is 12.9. The number of amides is 4. The highest BCUT2D eigenvalue weighted by Crippen LogP contribution is 2.19. The van der Waals surface area contributed by atoms with E-state index in [1.807, 2.05) is 67.0 Å². The molecule has 13 nitrogen and oxygen atoms in total. The van der Waals surface area contributed by atoms with Crippen molar-refractivity contribution in [2.75, 3.05) is 18.6 Å². The zero-order chi connectivity index (χ0) is 32.8. The number of benzene rings is 2. The van der Waals surface area contributed by atoms with Crippen LogP contribution in [0.15, 0.2) is 65.8 Å². The molecule has 3 rings (SSSR count). The van der Waals surface area contributed by atoms with Gasteiger partial charge in [0.25, 0.3) is 0 Å². The molecular formula is C31H43N9O4S. The molecule has 4 atom stereocenters. The van der Waals surface area contributed by atoms with Gasteiger partial charge in [0.1, 0.15) is 18.1 Å². The number of thioether (sulfide) groups is 1. The van der Waals surface area contributed by atoms with Crippen LogP contribution in [0.3, 0.4) is 0 Å². The van der Waals surface area contributed by atoms with Crippen LogP contribution in [0.5, 0.6) is 0 Å². The van der Waals surface area contributed by atoms with Crippen LogP contribution < -0.4 is 38.9 Å². The minimum absolute atomic E-state index is 0.0968. The van der Waals surface area contributed by atoms with Crippen LogP contribution in [-0.4, -0.2) is 77.3 Å². The van der Waals surface area contributed by atoms with Crippen molar-refractivity contribution in [3.63, 3.8) is 0 Å². The molecule has 0 unspecified atom stereocenters. The van der Waals surface area contributed by atoms with Crippen molar-refractivity contribution in [1.29, 1.82) is 0 Å². The third-order valence-electron chi connectivity index (χ3n) is 7.22. The Morgan fingerprint density at radius 1 is 0.822 bits per heavy atom. The van der Waals surface area contributed by atoms with Gasteiger partial charge in [0.15, 0.2) is 5.96 Å². The molecule has 0 spiro atoms. The number of carbonyl (C=O) groups is 4. The van der Waals surface area contributed by atoms with Crippen LogP contribution in [0.2, 0.25) is 0 Å². The van der Waals surface area contributed by atoms with E-state index < -0.39 is 47.8 Å². The fourth-order valence-corrected chi connectivity index (χ4v) is 5.27. The maximum absolute atomic E-state index is 13.5. The summed E-state index contributed by atoms with van der Waals surface area (Å²) in [4.78, 5) is 59.5. The third-order valence-corrected chi connectivity index (χ3v) is 7.86. The summed E-state index contributed by atoms with van der Waals surface area (Å²) >= 11 is 1.51. The molecule has 0 saturated heterocycles. The van der Waals surface area contributed by atoms with Crippen LogP contribution in [-0.2, 0) is 32.0 Å². The van der Waals surface area contributed by atoms with Gasteiger partial charge in [-0.25, -0.2) is 0 Å². The maximum atomic E-state index is 13.5. The molecule has 12 N–H and O–H groups in total. The van der Waals surface area contributed by atoms with Gasteiger partial charge in [-0.05, 0) is 54.9 Å². The van der Waals surface area contributed by atoms with Crippen LogP contribution in [0.1, 0.15) is 30.4 Å². The second-order valence-electron chi connectivity index (χ2n) is 10.7. The Morgan fingerprint density at radius 2 is 1.44 bits per heavy atom. The zero-order valence-corrected chi connectivity index (χ0v) is 26.1. The van der Waals surface area contributed by atoms with Gasteiger partial charge < -0.3 is 43.9 Å². The molecule has 1 heterocycles. The number of H-pyrrole nitrogens is 1. The fraction of sp³-hybridized carbons (Fsp3) is 0.387. The molecule has 0 bridgehead atoms. The molecule has 0 aliphatic carbocycles. The summed E-state index contributed by atoms with van der Waals surface area (Å²) in [5, 5.41) is 9.16. The first kappa shape index (κ1) is 34.9. The summed E-state index contributed by atoms with van der Waals surface area (Å²) in [6.07, 6.45) is 4.96. The molecule has 0 aliphatic heterocycles. The Bertz CT molecular complexity index is 1460. The molecule has 45 heavy (non-hydrogen) atoms. The molecule has 14 heteroatoms. The minimum Gasteiger partial charge on any atom is -0.370 e. The molecule has 3 aromatic rings. The lowest BCUT2D eigenvalue weighted by atomic mass is 10.0. The number of aliphatic imine (C=N–C) groups is 1. The van der Waals surface area contributed by atoms with E-state index in [0.717, 1.165) is 22.0 Å². The van der Waals surface area contributed by atoms with Gasteiger partial charge in [-0.2, -0.15) is 11.8 Å². The fourth-order valence-electron chi connectivity index (χ4n) is 4.80. The Labute approximate surface area is 266 Å². The van der Waals surface area contributed by atoms with Crippen molar-refractivity contribution >= 4 is 52.3 Å². The Morgan fingerprint density at radius 3 is 2.11 bits per heavy atom. The number of hydrogen-bond acceptors (Lipinski definition) is 7. The van der Waals surface area contributed by atoms with Crippen LogP contribution >= 0.6 is 11.8 Å². The van der Waals surface area contributed by atoms with Crippen molar-refractivity contribution in [3.05, 3.63) is 71.9 Å². The smallest absolute Gasteiger partial charge is 0.243 e. The maximum Gasteiger partial charge on any atom is 0.243 e. The number of guanidine groups is 1. The first-order chi connectivity index (χ1) is 21.6. The summed E-state index contributed by atoms with van der Waals surface area (Å²) in [5.41, 5.74) is 25.3. The SMILES string of the molecule is CSCC[C@H](NC(=O)[C@@H](N)Cc1c[nH]c2ccccc12)C(=O)N[C@@H](CCCN=C(N)N)C(=O)N[C@@H](Cc1ccccc1)C(N)=O. The number of para-hydroxylation sites is 1. The molecule has 1 aromatic heterocycles. The lowest BCUT2D eigenvalue weighted by Crippen LogP contribution is -2.58. The number of hydrogen-bond donors (Lipinski definition) is 8. The van der Waals surface area contributed by atoms with Crippen molar-refractivity contribution in [2.45, 2.75) is 56.3 Å². The summed E-state index contributed by atoms with van der Waals surface area (Å²) in [6.45, 7) is 0.223. The van der Waals surface area contributed by atoms with Crippen LogP contribution in [0.4, 0.5) is 0 Å². The quantitative estimate of drug-likeness (QED) is 0.0536. The monoisotopic (exact) mass is 637 g/mol. The average Bonchev–Trinajstić information content (AvgIpc) is 3.42. The lowest BCUT2D eigenvalue weighted by molar-refractivity contribution is -0.133. The number of nitrogens with two attached hydrogens (primary N) is 4. The van der Waals surface area contributed by atoms with Gasteiger partial charge in [-0.1, -0.05) is 48.5 Å². The Hall–Kier alpha value is -4.56. The molecule has 2 aromatic carbocycles. The van der Waals surface area contributed by atoms with Gasteiger partial charge in [-0.15, -0.1) is 0 Å². The van der Waals surface area contributed by atoms with Crippen molar-refractivity contribution in [2.24, 2.45) is 27.9 Å². The molecular weight excluding hydrogens is 594 g/mol. The highest BCUT2D eigenvalue weighted by Gasteiger charge is 2.30. The predicted octanol–water partition coefficient (Wildman–Crippen LogP) is 0.0268. The van der Waals surface area contributed by atoms with Gasteiger partial charge in [0.2, 0.25) is 23.6 Å². The third kappa shape index (κ3) is 11.1. The van der Waals surface area contributed by atoms with E-state index >= 15 is 0 Å². The van der Waals surface area contributed by atoms with E-state index in [1.54, 1.807) is 0 Å². The van der Waals surface area contributed by atoms with Crippen LogP contribution in [0, 0.1) is 0 Å². The van der Waals surface area contributed by atoms with Gasteiger partial charge in [-0.3, -0.25) is 24.2 Å². The number of aromatic nitrogens is 1. The summed E-state index contributed by atoms with van der Waals surface area (Å²) < 4.78 is 0. The van der Waals surface area contributed by atoms with Crippen LogP contribution in [0.25, 0.3) is 10.9 Å². The lowest BCUT2D eigenvalue weighted by Gasteiger charge is -2.25. The normalized spacial score (nSPS) is 13.6. The second kappa shape index (κ2) is 17.7. The van der Waals surface area contributed by atoms with Gasteiger partial charge in [0.05, 0.1) is 6.04 Å². The number of nitrogens with one attached hydrogen (secondary N) is 4. The van der Waals surface area contributed by atoms with E-state index in [0.29, 0.717) is 18.6 Å². The van der Waals surface area contributed by atoms with Crippen molar-refractivity contribution < 1.29 is 19.2 Å². The van der Waals surface area contributed by atoms with E-state index in [9.17, 15) is 19.2 Å². The number of carbonyl (C=O) groups excluding carboxylic acids is 4. The number of fused-ring (bicyclic) bond motifs is 1. The summed E-state index contributed by atoms with van der Waals surface area (Å²) in [7, 11) is 0. The molecule has 242 valence electrons. The van der Waals surface area contributed by atoms with E-state index in [1.165, 1.54) is 11.8 Å². The number of nitrogens with zero attached hydrogens (tertiary/aromatic N) is 1. The van der Waals surface area contributed by atoms with Gasteiger partial charge in [0, 0.05) is 30.1 Å².